The molecule has 5 heteroatoms. The second-order valence-corrected chi connectivity index (χ2v) is 5.25. The number of aliphatic hydroxyl groups excluding tert-OH is 1. The second kappa shape index (κ2) is 6.02. The van der Waals surface area contributed by atoms with E-state index in [-0.39, 0.29) is 18.1 Å². The molecule has 1 aromatic rings. The highest BCUT2D eigenvalue weighted by molar-refractivity contribution is 5.89. The van der Waals surface area contributed by atoms with Crippen LogP contribution in [0.5, 0.6) is 0 Å². The molecule has 104 valence electrons. The average molecular weight is 263 g/mol. The Morgan fingerprint density at radius 1 is 1.58 bits per heavy atom. The van der Waals surface area contributed by atoms with Crippen molar-refractivity contribution < 1.29 is 9.90 Å². The summed E-state index contributed by atoms with van der Waals surface area (Å²) in [7, 11) is 1.76. The van der Waals surface area contributed by atoms with Crippen molar-refractivity contribution in [1.82, 2.24) is 9.88 Å². The molecule has 1 aliphatic carbocycles. The summed E-state index contributed by atoms with van der Waals surface area (Å²) in [5.74, 6) is 0.204. The average Bonchev–Trinajstić information content (AvgIpc) is 2.75. The van der Waals surface area contributed by atoms with E-state index in [9.17, 15) is 9.90 Å². The van der Waals surface area contributed by atoms with Crippen molar-refractivity contribution in [2.75, 3.05) is 18.9 Å². The van der Waals surface area contributed by atoms with Crippen molar-refractivity contribution in [3.05, 3.63) is 24.0 Å². The monoisotopic (exact) mass is 263 g/mol. The van der Waals surface area contributed by atoms with E-state index in [1.165, 1.54) is 0 Å². The van der Waals surface area contributed by atoms with E-state index in [0.717, 1.165) is 30.6 Å². The maximum absolute atomic E-state index is 12.0. The third-order valence-corrected chi connectivity index (χ3v) is 3.62. The zero-order chi connectivity index (χ0) is 13.8. The number of nitrogens with one attached hydrogen (secondary N) is 1. The fourth-order valence-corrected chi connectivity index (χ4v) is 2.51. The van der Waals surface area contributed by atoms with Crippen LogP contribution in [0, 0.1) is 12.8 Å². The van der Waals surface area contributed by atoms with Gasteiger partial charge in [0.05, 0.1) is 6.10 Å². The molecule has 0 spiro atoms. The third-order valence-electron chi connectivity index (χ3n) is 3.62. The highest BCUT2D eigenvalue weighted by atomic mass is 16.3. The molecule has 19 heavy (non-hydrogen) atoms. The van der Waals surface area contributed by atoms with Crippen molar-refractivity contribution in [1.29, 1.82) is 0 Å². The van der Waals surface area contributed by atoms with Gasteiger partial charge in [0.2, 0.25) is 0 Å². The van der Waals surface area contributed by atoms with Gasteiger partial charge < -0.3 is 15.3 Å². The first kappa shape index (κ1) is 13.8. The summed E-state index contributed by atoms with van der Waals surface area (Å²) < 4.78 is 0. The predicted octanol–water partition coefficient (Wildman–Crippen LogP) is 2.01. The van der Waals surface area contributed by atoms with Gasteiger partial charge in [0.15, 0.2) is 0 Å². The van der Waals surface area contributed by atoms with E-state index in [2.05, 4.69) is 10.3 Å². The molecule has 0 saturated heterocycles. The number of aromatic nitrogens is 1. The summed E-state index contributed by atoms with van der Waals surface area (Å²) >= 11 is 0. The maximum atomic E-state index is 12.0. The van der Waals surface area contributed by atoms with Crippen LogP contribution in [0.2, 0.25) is 0 Å². The predicted molar refractivity (Wildman–Crippen MR) is 74.0 cm³/mol. The number of anilines is 1. The van der Waals surface area contributed by atoms with E-state index in [1.54, 1.807) is 24.2 Å². The molecule has 0 radical (unpaired) electrons. The van der Waals surface area contributed by atoms with Gasteiger partial charge in [-0.1, -0.05) is 6.42 Å². The first-order chi connectivity index (χ1) is 9.06. The third kappa shape index (κ3) is 3.67. The number of rotatable bonds is 3. The van der Waals surface area contributed by atoms with Crippen LogP contribution in [-0.2, 0) is 0 Å². The molecule has 0 aromatic carbocycles. The van der Waals surface area contributed by atoms with Crippen LogP contribution in [0.25, 0.3) is 0 Å². The Kier molecular flexibility index (Phi) is 4.37. The molecule has 1 saturated carbocycles. The number of carbonyl (C=O) groups excluding carboxylic acids is 1. The van der Waals surface area contributed by atoms with Gasteiger partial charge in [0.25, 0.3) is 0 Å². The zero-order valence-electron chi connectivity index (χ0n) is 11.5. The van der Waals surface area contributed by atoms with Gasteiger partial charge in [-0.15, -0.1) is 0 Å². The summed E-state index contributed by atoms with van der Waals surface area (Å²) in [5, 5.41) is 12.6. The molecule has 2 rings (SSSR count). The van der Waals surface area contributed by atoms with Crippen molar-refractivity contribution in [3.8, 4) is 0 Å². The summed E-state index contributed by atoms with van der Waals surface area (Å²) in [5.41, 5.74) is 1.61. The van der Waals surface area contributed by atoms with E-state index in [4.69, 9.17) is 0 Å². The van der Waals surface area contributed by atoms with E-state index < -0.39 is 0 Å². The Bertz CT molecular complexity index is 450. The lowest BCUT2D eigenvalue weighted by Crippen LogP contribution is -2.37. The van der Waals surface area contributed by atoms with Crippen LogP contribution >= 0.6 is 0 Å². The van der Waals surface area contributed by atoms with Gasteiger partial charge >= 0.3 is 6.03 Å². The lowest BCUT2D eigenvalue weighted by atomic mass is 10.1. The van der Waals surface area contributed by atoms with Crippen molar-refractivity contribution in [3.63, 3.8) is 0 Å². The Morgan fingerprint density at radius 3 is 3.00 bits per heavy atom. The van der Waals surface area contributed by atoms with Gasteiger partial charge in [-0.25, -0.2) is 4.79 Å². The quantitative estimate of drug-likeness (QED) is 0.876. The molecule has 1 heterocycles. The Balaban J connectivity index is 1.88. The molecular formula is C14H21N3O2. The molecule has 2 unspecified atom stereocenters. The first-order valence-corrected chi connectivity index (χ1v) is 6.69. The number of urea groups is 1. The van der Waals surface area contributed by atoms with Crippen LogP contribution in [-0.4, -0.2) is 40.7 Å². The van der Waals surface area contributed by atoms with Gasteiger partial charge in [0, 0.05) is 37.1 Å². The number of hydrogen-bond acceptors (Lipinski definition) is 3. The number of amides is 2. The normalized spacial score (nSPS) is 22.3. The minimum Gasteiger partial charge on any atom is -0.393 e. The Morgan fingerprint density at radius 2 is 2.37 bits per heavy atom. The number of pyridine rings is 1. The Labute approximate surface area is 113 Å². The number of hydrogen-bond donors (Lipinski definition) is 2. The largest absolute Gasteiger partial charge is 0.393 e. The van der Waals surface area contributed by atoms with Gasteiger partial charge in [-0.2, -0.15) is 0 Å². The summed E-state index contributed by atoms with van der Waals surface area (Å²) in [4.78, 5) is 17.8. The van der Waals surface area contributed by atoms with Crippen molar-refractivity contribution in [2.45, 2.75) is 32.3 Å². The summed E-state index contributed by atoms with van der Waals surface area (Å²) in [6, 6.07) is 3.45. The molecule has 1 fully saturated rings. The molecule has 2 atom stereocenters. The topological polar surface area (TPSA) is 65.5 Å². The highest BCUT2D eigenvalue weighted by Gasteiger charge is 2.27. The van der Waals surface area contributed by atoms with Crippen LogP contribution < -0.4 is 5.32 Å². The van der Waals surface area contributed by atoms with E-state index in [0.29, 0.717) is 6.54 Å². The van der Waals surface area contributed by atoms with Crippen LogP contribution in [0.1, 0.15) is 25.0 Å². The standard InChI is InChI=1S/C14H21N3O2/c1-10-8-12(6-7-15-10)16-14(19)17(2)9-11-4-3-5-13(11)18/h6-8,11,13,18H,3-5,9H2,1-2H3,(H,15,16,19). The van der Waals surface area contributed by atoms with Crippen molar-refractivity contribution in [2.24, 2.45) is 5.92 Å². The lowest BCUT2D eigenvalue weighted by molar-refractivity contribution is 0.116. The molecular weight excluding hydrogens is 242 g/mol. The second-order valence-electron chi connectivity index (χ2n) is 5.25. The van der Waals surface area contributed by atoms with E-state index >= 15 is 0 Å². The number of aryl methyl sites for hydroxylation is 1. The number of carbonyl (C=O) groups is 1. The Hall–Kier alpha value is -1.62. The van der Waals surface area contributed by atoms with Crippen LogP contribution in [0.15, 0.2) is 18.3 Å². The maximum Gasteiger partial charge on any atom is 0.321 e. The number of aliphatic hydroxyl groups is 1. The molecule has 2 N–H and O–H groups in total. The lowest BCUT2D eigenvalue weighted by Gasteiger charge is -2.23. The van der Waals surface area contributed by atoms with Crippen LogP contribution in [0.4, 0.5) is 10.5 Å². The van der Waals surface area contributed by atoms with Gasteiger partial charge in [0.1, 0.15) is 0 Å². The van der Waals surface area contributed by atoms with Crippen molar-refractivity contribution >= 4 is 11.7 Å². The van der Waals surface area contributed by atoms with Gasteiger partial charge in [-0.3, -0.25) is 4.98 Å². The smallest absolute Gasteiger partial charge is 0.321 e. The fraction of sp³-hybridized carbons (Fsp3) is 0.571. The SMILES string of the molecule is Cc1cc(NC(=O)N(C)CC2CCCC2O)ccn1. The molecule has 1 aliphatic rings. The molecule has 0 aliphatic heterocycles. The minimum atomic E-state index is -0.265. The fourth-order valence-electron chi connectivity index (χ4n) is 2.51. The number of nitrogens with zero attached hydrogens (tertiary/aromatic N) is 2. The first-order valence-electron chi connectivity index (χ1n) is 6.69. The summed E-state index contributed by atoms with van der Waals surface area (Å²) in [6.07, 6.45) is 4.30. The molecule has 5 nitrogen and oxygen atoms in total. The minimum absolute atomic E-state index is 0.148. The zero-order valence-corrected chi connectivity index (χ0v) is 11.5. The summed E-state index contributed by atoms with van der Waals surface area (Å²) in [6.45, 7) is 2.48. The molecule has 1 aromatic heterocycles. The molecule has 0 bridgehead atoms. The molecule has 2 amide bonds. The van der Waals surface area contributed by atoms with Gasteiger partial charge in [-0.05, 0) is 31.9 Å². The van der Waals surface area contributed by atoms with Crippen LogP contribution in [0.3, 0.4) is 0 Å². The van der Waals surface area contributed by atoms with E-state index in [1.807, 2.05) is 13.0 Å². The highest BCUT2D eigenvalue weighted by Crippen LogP contribution is 2.26.